The van der Waals surface area contributed by atoms with Crippen molar-refractivity contribution in [1.82, 2.24) is 14.9 Å². The van der Waals surface area contributed by atoms with Crippen LogP contribution in [-0.4, -0.2) is 49.8 Å². The van der Waals surface area contributed by atoms with Crippen molar-refractivity contribution in [3.05, 3.63) is 29.3 Å². The van der Waals surface area contributed by atoms with Crippen LogP contribution in [-0.2, 0) is 23.0 Å². The summed E-state index contributed by atoms with van der Waals surface area (Å²) >= 11 is 0. The number of phenols is 1. The highest BCUT2D eigenvalue weighted by Gasteiger charge is 2.20. The van der Waals surface area contributed by atoms with Crippen molar-refractivity contribution in [3.8, 4) is 5.75 Å². The van der Waals surface area contributed by atoms with Gasteiger partial charge in [0.25, 0.3) is 0 Å². The van der Waals surface area contributed by atoms with E-state index in [1.165, 1.54) is 0 Å². The molecule has 0 unspecified atom stereocenters. The van der Waals surface area contributed by atoms with Crippen LogP contribution in [0.5, 0.6) is 5.75 Å². The first-order chi connectivity index (χ1) is 10.9. The van der Waals surface area contributed by atoms with Crippen molar-refractivity contribution in [3.63, 3.8) is 0 Å². The molecular weight excluding hydrogens is 318 g/mol. The van der Waals surface area contributed by atoms with Gasteiger partial charge in [-0.05, 0) is 43.0 Å². The molecule has 3 N–H and O–H groups in total. The standard InChI is InChI=1S/C15H23N3O4S/c1-2-23(21,22)17-8-3-7-16-15(20)18-9-6-12-4-5-14(19)10-13(12)11-18/h4-5,10,17,19H,2-3,6-9,11H2,1H3,(H,16,20). The van der Waals surface area contributed by atoms with Gasteiger partial charge >= 0.3 is 6.03 Å². The van der Waals surface area contributed by atoms with E-state index in [4.69, 9.17) is 0 Å². The Morgan fingerprint density at radius 1 is 1.30 bits per heavy atom. The van der Waals surface area contributed by atoms with E-state index in [-0.39, 0.29) is 17.5 Å². The second kappa shape index (κ2) is 7.65. The van der Waals surface area contributed by atoms with Crippen LogP contribution in [0.25, 0.3) is 0 Å². The van der Waals surface area contributed by atoms with Gasteiger partial charge in [-0.1, -0.05) is 6.07 Å². The maximum absolute atomic E-state index is 12.1. The zero-order chi connectivity index (χ0) is 16.9. The van der Waals surface area contributed by atoms with E-state index in [9.17, 15) is 18.3 Å². The summed E-state index contributed by atoms with van der Waals surface area (Å²) in [5, 5.41) is 12.3. The third-order valence-electron chi connectivity index (χ3n) is 3.82. The average molecular weight is 341 g/mol. The van der Waals surface area contributed by atoms with E-state index in [0.29, 0.717) is 32.6 Å². The van der Waals surface area contributed by atoms with Gasteiger partial charge in [-0.25, -0.2) is 17.9 Å². The average Bonchev–Trinajstić information content (AvgIpc) is 2.53. The molecule has 2 rings (SSSR count). The highest BCUT2D eigenvalue weighted by atomic mass is 32.2. The fourth-order valence-electron chi connectivity index (χ4n) is 2.44. The van der Waals surface area contributed by atoms with Crippen LogP contribution in [0.15, 0.2) is 18.2 Å². The molecular formula is C15H23N3O4S. The smallest absolute Gasteiger partial charge is 0.317 e. The van der Waals surface area contributed by atoms with Gasteiger partial charge in [0.2, 0.25) is 10.0 Å². The Kier molecular flexibility index (Phi) is 5.84. The van der Waals surface area contributed by atoms with Gasteiger partial charge in [0.05, 0.1) is 5.75 Å². The molecule has 0 saturated heterocycles. The van der Waals surface area contributed by atoms with E-state index in [2.05, 4.69) is 10.0 Å². The molecule has 0 bridgehead atoms. The molecule has 8 heteroatoms. The fraction of sp³-hybridized carbons (Fsp3) is 0.533. The lowest BCUT2D eigenvalue weighted by atomic mass is 10.00. The van der Waals surface area contributed by atoms with Gasteiger partial charge in [-0.3, -0.25) is 0 Å². The Morgan fingerprint density at radius 2 is 2.09 bits per heavy atom. The summed E-state index contributed by atoms with van der Waals surface area (Å²) in [5.74, 6) is 0.258. The number of nitrogens with zero attached hydrogens (tertiary/aromatic N) is 1. The molecule has 0 saturated carbocycles. The molecule has 0 fully saturated rings. The Balaban J connectivity index is 1.75. The van der Waals surface area contributed by atoms with E-state index < -0.39 is 10.0 Å². The van der Waals surface area contributed by atoms with E-state index in [1.807, 2.05) is 6.07 Å². The highest BCUT2D eigenvalue weighted by molar-refractivity contribution is 7.89. The number of hydrogen-bond acceptors (Lipinski definition) is 4. The number of benzene rings is 1. The second-order valence-corrected chi connectivity index (χ2v) is 7.60. The fourth-order valence-corrected chi connectivity index (χ4v) is 3.10. The van der Waals surface area contributed by atoms with Gasteiger partial charge in [-0.15, -0.1) is 0 Å². The SMILES string of the molecule is CCS(=O)(=O)NCCCNC(=O)N1CCc2ccc(O)cc2C1. The number of rotatable bonds is 6. The Morgan fingerprint density at radius 3 is 2.83 bits per heavy atom. The topological polar surface area (TPSA) is 98.7 Å². The number of amides is 2. The molecule has 1 heterocycles. The molecule has 0 aliphatic carbocycles. The van der Waals surface area contributed by atoms with Gasteiger partial charge in [0.15, 0.2) is 0 Å². The number of phenolic OH excluding ortho intramolecular Hbond substituents is 1. The third kappa shape index (κ3) is 5.11. The summed E-state index contributed by atoms with van der Waals surface area (Å²) in [6, 6.07) is 5.07. The predicted molar refractivity (Wildman–Crippen MR) is 87.7 cm³/mol. The number of sulfonamides is 1. The summed E-state index contributed by atoms with van der Waals surface area (Å²) in [5.41, 5.74) is 2.11. The first-order valence-corrected chi connectivity index (χ1v) is 9.37. The minimum atomic E-state index is -3.18. The molecule has 0 aromatic heterocycles. The lowest BCUT2D eigenvalue weighted by Crippen LogP contribution is -2.43. The highest BCUT2D eigenvalue weighted by Crippen LogP contribution is 2.22. The molecule has 7 nitrogen and oxygen atoms in total. The number of hydrogen-bond donors (Lipinski definition) is 3. The summed E-state index contributed by atoms with van der Waals surface area (Å²) < 4.78 is 25.0. The number of carbonyl (C=O) groups is 1. The van der Waals surface area contributed by atoms with Crippen LogP contribution < -0.4 is 10.0 Å². The van der Waals surface area contributed by atoms with Crippen LogP contribution in [0, 0.1) is 0 Å². The quantitative estimate of drug-likeness (QED) is 0.666. The number of carbonyl (C=O) groups excluding carboxylic acids is 1. The lowest BCUT2D eigenvalue weighted by molar-refractivity contribution is 0.192. The Bertz CT molecular complexity index is 661. The number of fused-ring (bicyclic) bond motifs is 1. The summed E-state index contributed by atoms with van der Waals surface area (Å²) in [6.07, 6.45) is 1.30. The number of urea groups is 1. The van der Waals surface area contributed by atoms with Crippen LogP contribution in [0.1, 0.15) is 24.5 Å². The monoisotopic (exact) mass is 341 g/mol. The van der Waals surface area contributed by atoms with Crippen LogP contribution in [0.2, 0.25) is 0 Å². The third-order valence-corrected chi connectivity index (χ3v) is 5.23. The Hall–Kier alpha value is -1.80. The molecule has 23 heavy (non-hydrogen) atoms. The van der Waals surface area contributed by atoms with Crippen LogP contribution >= 0.6 is 0 Å². The minimum Gasteiger partial charge on any atom is -0.508 e. The molecule has 1 aliphatic rings. The molecule has 0 spiro atoms. The summed E-state index contributed by atoms with van der Waals surface area (Å²) in [6.45, 7) is 3.40. The zero-order valence-corrected chi connectivity index (χ0v) is 14.0. The number of nitrogens with one attached hydrogen (secondary N) is 2. The first-order valence-electron chi connectivity index (χ1n) is 7.72. The Labute approximate surface area is 136 Å². The molecule has 2 amide bonds. The van der Waals surface area contributed by atoms with Crippen LogP contribution in [0.4, 0.5) is 4.79 Å². The van der Waals surface area contributed by atoms with Crippen LogP contribution in [0.3, 0.4) is 0 Å². The maximum atomic E-state index is 12.1. The normalized spacial score (nSPS) is 14.4. The second-order valence-electron chi connectivity index (χ2n) is 5.51. The summed E-state index contributed by atoms with van der Waals surface area (Å²) in [7, 11) is -3.18. The molecule has 0 atom stereocenters. The van der Waals surface area contributed by atoms with Gasteiger partial charge in [0.1, 0.15) is 5.75 Å². The first kappa shape index (κ1) is 17.6. The van der Waals surface area contributed by atoms with Crippen molar-refractivity contribution in [1.29, 1.82) is 0 Å². The predicted octanol–water partition coefficient (Wildman–Crippen LogP) is 0.789. The molecule has 128 valence electrons. The van der Waals surface area contributed by atoms with E-state index in [1.54, 1.807) is 24.0 Å². The zero-order valence-electron chi connectivity index (χ0n) is 13.2. The molecule has 1 aromatic rings. The lowest BCUT2D eigenvalue weighted by Gasteiger charge is -2.29. The summed E-state index contributed by atoms with van der Waals surface area (Å²) in [4.78, 5) is 13.8. The molecule has 0 radical (unpaired) electrons. The van der Waals surface area contributed by atoms with Crippen molar-refractivity contribution in [2.75, 3.05) is 25.4 Å². The van der Waals surface area contributed by atoms with E-state index >= 15 is 0 Å². The van der Waals surface area contributed by atoms with Crippen molar-refractivity contribution >= 4 is 16.1 Å². The minimum absolute atomic E-state index is 0.0550. The maximum Gasteiger partial charge on any atom is 0.317 e. The van der Waals surface area contributed by atoms with Gasteiger partial charge in [0, 0.05) is 26.2 Å². The van der Waals surface area contributed by atoms with Crippen molar-refractivity contribution < 1.29 is 18.3 Å². The molecule has 1 aromatic carbocycles. The van der Waals surface area contributed by atoms with Gasteiger partial charge in [-0.2, -0.15) is 0 Å². The van der Waals surface area contributed by atoms with Crippen molar-refractivity contribution in [2.24, 2.45) is 0 Å². The largest absolute Gasteiger partial charge is 0.508 e. The van der Waals surface area contributed by atoms with Crippen molar-refractivity contribution in [2.45, 2.75) is 26.3 Å². The van der Waals surface area contributed by atoms with E-state index in [0.717, 1.165) is 17.5 Å². The van der Waals surface area contributed by atoms with Gasteiger partial charge < -0.3 is 15.3 Å². The number of aromatic hydroxyl groups is 1. The molecule has 1 aliphatic heterocycles.